The van der Waals surface area contributed by atoms with Crippen LogP contribution in [0.2, 0.25) is 0 Å². The van der Waals surface area contributed by atoms with Gasteiger partial charge in [0.25, 0.3) is 0 Å². The zero-order chi connectivity index (χ0) is 12.4. The molecule has 17 heavy (non-hydrogen) atoms. The van der Waals surface area contributed by atoms with Crippen LogP contribution in [0.1, 0.15) is 66.8 Å². The standard InChI is InChI=1S/C15H23NO/c1-11-5-4-6-15(8-7-11)16-12(2)9-14(10-17)13(16)3/h9-11,15H,4-8H2,1-3H3. The summed E-state index contributed by atoms with van der Waals surface area (Å²) in [4.78, 5) is 11.0. The SMILES string of the molecule is Cc1cc(C=O)c(C)n1C1CCCC(C)CC1. The van der Waals surface area contributed by atoms with Gasteiger partial charge in [-0.1, -0.05) is 19.8 Å². The van der Waals surface area contributed by atoms with Crippen molar-refractivity contribution in [2.75, 3.05) is 0 Å². The summed E-state index contributed by atoms with van der Waals surface area (Å²) in [5.41, 5.74) is 3.25. The van der Waals surface area contributed by atoms with Crippen molar-refractivity contribution in [3.63, 3.8) is 0 Å². The second-order valence-electron chi connectivity index (χ2n) is 5.58. The molecule has 0 aromatic carbocycles. The molecule has 0 amide bonds. The zero-order valence-electron chi connectivity index (χ0n) is 11.2. The highest BCUT2D eigenvalue weighted by Gasteiger charge is 2.21. The number of carbonyl (C=O) groups is 1. The molecule has 1 fully saturated rings. The predicted octanol–water partition coefficient (Wildman–Crippen LogP) is 4.06. The molecule has 94 valence electrons. The number of aldehydes is 1. The Balaban J connectivity index is 2.26. The van der Waals surface area contributed by atoms with Crippen LogP contribution in [-0.2, 0) is 0 Å². The molecule has 1 saturated carbocycles. The molecule has 1 aromatic rings. The molecule has 2 unspecified atom stereocenters. The van der Waals surface area contributed by atoms with Gasteiger partial charge in [-0.15, -0.1) is 0 Å². The summed E-state index contributed by atoms with van der Waals surface area (Å²) >= 11 is 0. The first-order chi connectivity index (χ1) is 8.13. The Morgan fingerprint density at radius 3 is 2.65 bits per heavy atom. The van der Waals surface area contributed by atoms with E-state index in [2.05, 4.69) is 25.3 Å². The second-order valence-corrected chi connectivity index (χ2v) is 5.58. The van der Waals surface area contributed by atoms with Crippen molar-refractivity contribution in [2.24, 2.45) is 5.92 Å². The zero-order valence-corrected chi connectivity index (χ0v) is 11.2. The van der Waals surface area contributed by atoms with E-state index >= 15 is 0 Å². The van der Waals surface area contributed by atoms with Gasteiger partial charge in [-0.2, -0.15) is 0 Å². The average molecular weight is 233 g/mol. The molecule has 1 aromatic heterocycles. The van der Waals surface area contributed by atoms with Gasteiger partial charge in [0, 0.05) is 23.0 Å². The van der Waals surface area contributed by atoms with Gasteiger partial charge in [-0.05, 0) is 45.1 Å². The van der Waals surface area contributed by atoms with Gasteiger partial charge in [0.1, 0.15) is 0 Å². The molecule has 1 aliphatic carbocycles. The van der Waals surface area contributed by atoms with Crippen LogP contribution >= 0.6 is 0 Å². The number of aromatic nitrogens is 1. The van der Waals surface area contributed by atoms with E-state index in [0.29, 0.717) is 6.04 Å². The Kier molecular flexibility index (Phi) is 3.70. The molecule has 0 aliphatic heterocycles. The highest BCUT2D eigenvalue weighted by Crippen LogP contribution is 2.33. The third kappa shape index (κ3) is 2.46. The third-order valence-corrected chi connectivity index (χ3v) is 4.24. The molecule has 2 heteroatoms. The van der Waals surface area contributed by atoms with Crippen molar-refractivity contribution in [1.29, 1.82) is 0 Å². The van der Waals surface area contributed by atoms with Crippen molar-refractivity contribution in [2.45, 2.75) is 58.9 Å². The monoisotopic (exact) mass is 233 g/mol. The van der Waals surface area contributed by atoms with Crippen molar-refractivity contribution >= 4 is 6.29 Å². The fourth-order valence-electron chi connectivity index (χ4n) is 3.21. The highest BCUT2D eigenvalue weighted by atomic mass is 16.1. The Bertz CT molecular complexity index is 405. The van der Waals surface area contributed by atoms with Gasteiger partial charge < -0.3 is 4.57 Å². The van der Waals surface area contributed by atoms with Gasteiger partial charge in [-0.25, -0.2) is 0 Å². The van der Waals surface area contributed by atoms with Crippen molar-refractivity contribution in [3.8, 4) is 0 Å². The molecule has 1 heterocycles. The lowest BCUT2D eigenvalue weighted by molar-refractivity contribution is 0.112. The van der Waals surface area contributed by atoms with Gasteiger partial charge >= 0.3 is 0 Å². The fraction of sp³-hybridized carbons (Fsp3) is 0.667. The van der Waals surface area contributed by atoms with Gasteiger partial charge in [0.05, 0.1) is 0 Å². The van der Waals surface area contributed by atoms with Crippen LogP contribution in [0.5, 0.6) is 0 Å². The minimum atomic E-state index is 0.605. The van der Waals surface area contributed by atoms with E-state index in [1.54, 1.807) is 0 Å². The predicted molar refractivity (Wildman–Crippen MR) is 70.6 cm³/mol. The Morgan fingerprint density at radius 2 is 2.00 bits per heavy atom. The van der Waals surface area contributed by atoms with E-state index in [9.17, 15) is 4.79 Å². The van der Waals surface area contributed by atoms with E-state index in [1.165, 1.54) is 37.8 Å². The van der Waals surface area contributed by atoms with E-state index in [4.69, 9.17) is 0 Å². The maximum atomic E-state index is 11.0. The summed E-state index contributed by atoms with van der Waals surface area (Å²) in [6.45, 7) is 6.55. The largest absolute Gasteiger partial charge is 0.345 e. The van der Waals surface area contributed by atoms with E-state index < -0.39 is 0 Å². The summed E-state index contributed by atoms with van der Waals surface area (Å²) < 4.78 is 2.39. The maximum absolute atomic E-state index is 11.0. The van der Waals surface area contributed by atoms with Gasteiger partial charge in [0.2, 0.25) is 0 Å². The van der Waals surface area contributed by atoms with Crippen LogP contribution in [0.25, 0.3) is 0 Å². The average Bonchev–Trinajstić information content (AvgIpc) is 2.48. The first kappa shape index (κ1) is 12.4. The van der Waals surface area contributed by atoms with Gasteiger partial charge in [0.15, 0.2) is 6.29 Å². The second kappa shape index (κ2) is 5.07. The molecule has 1 aliphatic rings. The fourth-order valence-corrected chi connectivity index (χ4v) is 3.21. The summed E-state index contributed by atoms with van der Waals surface area (Å²) in [6.07, 6.45) is 7.50. The molecular weight excluding hydrogens is 210 g/mol. The molecule has 0 saturated heterocycles. The summed E-state index contributed by atoms with van der Waals surface area (Å²) in [5.74, 6) is 0.863. The number of carbonyl (C=O) groups excluding carboxylic acids is 1. The molecule has 0 radical (unpaired) electrons. The van der Waals surface area contributed by atoms with Crippen molar-refractivity contribution in [1.82, 2.24) is 4.57 Å². The molecule has 2 atom stereocenters. The van der Waals surface area contributed by atoms with Crippen LogP contribution in [0, 0.1) is 19.8 Å². The minimum Gasteiger partial charge on any atom is -0.345 e. The smallest absolute Gasteiger partial charge is 0.151 e. The third-order valence-electron chi connectivity index (χ3n) is 4.24. The lowest BCUT2D eigenvalue weighted by Gasteiger charge is -2.21. The van der Waals surface area contributed by atoms with Crippen LogP contribution in [0.4, 0.5) is 0 Å². The number of aryl methyl sites for hydroxylation is 1. The Morgan fingerprint density at radius 1 is 1.24 bits per heavy atom. The lowest BCUT2D eigenvalue weighted by atomic mass is 10.0. The molecule has 0 spiro atoms. The molecular formula is C15H23NO. The summed E-state index contributed by atoms with van der Waals surface area (Å²) in [5, 5.41) is 0. The number of hydrogen-bond donors (Lipinski definition) is 0. The van der Waals surface area contributed by atoms with Crippen molar-refractivity contribution in [3.05, 3.63) is 23.0 Å². The first-order valence-corrected chi connectivity index (χ1v) is 6.77. The summed E-state index contributed by atoms with van der Waals surface area (Å²) in [6, 6.07) is 2.63. The molecule has 0 bridgehead atoms. The number of hydrogen-bond acceptors (Lipinski definition) is 1. The molecule has 2 rings (SSSR count). The topological polar surface area (TPSA) is 22.0 Å². The van der Waals surface area contributed by atoms with E-state index in [0.717, 1.165) is 23.5 Å². The lowest BCUT2D eigenvalue weighted by Crippen LogP contribution is -2.11. The quantitative estimate of drug-likeness (QED) is 0.557. The normalized spacial score (nSPS) is 25.6. The van der Waals surface area contributed by atoms with Crippen LogP contribution < -0.4 is 0 Å². The van der Waals surface area contributed by atoms with E-state index in [1.807, 2.05) is 6.07 Å². The number of rotatable bonds is 2. The Hall–Kier alpha value is -1.05. The minimum absolute atomic E-state index is 0.605. The van der Waals surface area contributed by atoms with Gasteiger partial charge in [-0.3, -0.25) is 4.79 Å². The van der Waals surface area contributed by atoms with Crippen LogP contribution in [-0.4, -0.2) is 10.9 Å². The summed E-state index contributed by atoms with van der Waals surface area (Å²) in [7, 11) is 0. The number of nitrogens with zero attached hydrogens (tertiary/aromatic N) is 1. The Labute approximate surface area is 104 Å². The van der Waals surface area contributed by atoms with Crippen molar-refractivity contribution < 1.29 is 4.79 Å². The molecule has 0 N–H and O–H groups in total. The van der Waals surface area contributed by atoms with E-state index in [-0.39, 0.29) is 0 Å². The van der Waals surface area contributed by atoms with Crippen LogP contribution in [0.15, 0.2) is 6.07 Å². The maximum Gasteiger partial charge on any atom is 0.151 e. The first-order valence-electron chi connectivity index (χ1n) is 6.77. The molecule has 2 nitrogen and oxygen atoms in total. The highest BCUT2D eigenvalue weighted by molar-refractivity contribution is 5.77. The van der Waals surface area contributed by atoms with Crippen LogP contribution in [0.3, 0.4) is 0 Å².